The lowest BCUT2D eigenvalue weighted by molar-refractivity contribution is 0.414. The van der Waals surface area contributed by atoms with Crippen LogP contribution in [0, 0.1) is 0 Å². The van der Waals surface area contributed by atoms with Gasteiger partial charge in [0.05, 0.1) is 7.11 Å². The van der Waals surface area contributed by atoms with Gasteiger partial charge in [-0.15, -0.1) is 10.2 Å². The minimum atomic E-state index is 0.650. The Morgan fingerprint density at radius 3 is 3.21 bits per heavy atom. The second-order valence-corrected chi connectivity index (χ2v) is 4.04. The zero-order valence-electron chi connectivity index (χ0n) is 10.4. The second kappa shape index (κ2) is 4.93. The van der Waals surface area contributed by atoms with E-state index >= 15 is 0 Å². The summed E-state index contributed by atoms with van der Waals surface area (Å²) in [6, 6.07) is 7.89. The van der Waals surface area contributed by atoms with Crippen LogP contribution in [0.25, 0.3) is 5.65 Å². The third-order valence-electron chi connectivity index (χ3n) is 2.81. The van der Waals surface area contributed by atoms with Crippen molar-refractivity contribution >= 4 is 11.5 Å². The molecule has 0 saturated carbocycles. The van der Waals surface area contributed by atoms with Gasteiger partial charge in [0.25, 0.3) is 0 Å². The number of hydrogen-bond acceptors (Lipinski definition) is 5. The predicted molar refractivity (Wildman–Crippen MR) is 71.1 cm³/mol. The van der Waals surface area contributed by atoms with Gasteiger partial charge in [0.1, 0.15) is 12.1 Å². The minimum absolute atomic E-state index is 0.650. The first-order chi connectivity index (χ1) is 9.36. The quantitative estimate of drug-likeness (QED) is 0.769. The number of methoxy groups -OCH3 is 1. The number of ether oxygens (including phenoxy) is 1. The molecule has 96 valence electrons. The fraction of sp³-hybridized carbons (Fsp3) is 0.154. The summed E-state index contributed by atoms with van der Waals surface area (Å²) in [6.45, 7) is 0.650. The average molecular weight is 255 g/mol. The molecule has 2 heterocycles. The van der Waals surface area contributed by atoms with E-state index in [9.17, 15) is 0 Å². The molecule has 1 aromatic carbocycles. The molecule has 0 aliphatic rings. The van der Waals surface area contributed by atoms with E-state index in [1.807, 2.05) is 34.9 Å². The molecule has 0 atom stereocenters. The largest absolute Gasteiger partial charge is 0.497 e. The normalized spacial score (nSPS) is 10.6. The highest BCUT2D eigenvalue weighted by molar-refractivity contribution is 5.61. The Kier molecular flexibility index (Phi) is 2.97. The maximum Gasteiger partial charge on any atom is 0.203 e. The summed E-state index contributed by atoms with van der Waals surface area (Å²) in [5.41, 5.74) is 1.83. The molecular formula is C13H13N5O. The van der Waals surface area contributed by atoms with Gasteiger partial charge in [-0.05, 0) is 17.7 Å². The Morgan fingerprint density at radius 2 is 2.32 bits per heavy atom. The highest BCUT2D eigenvalue weighted by atomic mass is 16.5. The zero-order valence-corrected chi connectivity index (χ0v) is 10.4. The molecule has 1 N–H and O–H groups in total. The Morgan fingerprint density at radius 1 is 1.37 bits per heavy atom. The highest BCUT2D eigenvalue weighted by Crippen LogP contribution is 2.15. The number of rotatable bonds is 4. The van der Waals surface area contributed by atoms with E-state index in [2.05, 4.69) is 20.5 Å². The summed E-state index contributed by atoms with van der Waals surface area (Å²) in [4.78, 5) is 4.27. The third-order valence-corrected chi connectivity index (χ3v) is 2.81. The number of nitrogens with zero attached hydrogens (tertiary/aromatic N) is 4. The summed E-state index contributed by atoms with van der Waals surface area (Å²) < 4.78 is 7.02. The van der Waals surface area contributed by atoms with Gasteiger partial charge in [-0.2, -0.15) is 0 Å². The van der Waals surface area contributed by atoms with E-state index in [0.717, 1.165) is 11.3 Å². The van der Waals surface area contributed by atoms with Crippen LogP contribution in [-0.2, 0) is 6.54 Å². The van der Waals surface area contributed by atoms with E-state index in [0.29, 0.717) is 18.0 Å². The van der Waals surface area contributed by atoms with Crippen molar-refractivity contribution in [2.24, 2.45) is 0 Å². The lowest BCUT2D eigenvalue weighted by Crippen LogP contribution is -2.03. The van der Waals surface area contributed by atoms with Crippen molar-refractivity contribution < 1.29 is 4.74 Å². The maximum absolute atomic E-state index is 5.19. The van der Waals surface area contributed by atoms with E-state index in [1.54, 1.807) is 19.6 Å². The number of aromatic nitrogens is 4. The molecule has 0 radical (unpaired) electrons. The number of fused-ring (bicyclic) bond motifs is 1. The molecule has 6 nitrogen and oxygen atoms in total. The topological polar surface area (TPSA) is 64.3 Å². The fourth-order valence-electron chi connectivity index (χ4n) is 1.85. The van der Waals surface area contributed by atoms with Gasteiger partial charge in [0, 0.05) is 18.9 Å². The van der Waals surface area contributed by atoms with Crippen LogP contribution in [0.1, 0.15) is 5.56 Å². The Hall–Kier alpha value is -2.63. The van der Waals surface area contributed by atoms with Gasteiger partial charge in [-0.1, -0.05) is 12.1 Å². The number of benzene rings is 1. The second-order valence-electron chi connectivity index (χ2n) is 4.04. The zero-order chi connectivity index (χ0) is 13.1. The SMILES string of the molecule is COc1cccc(CNc2nccn3cnnc23)c1. The van der Waals surface area contributed by atoms with Gasteiger partial charge in [0.15, 0.2) is 5.82 Å². The number of nitrogens with one attached hydrogen (secondary N) is 1. The number of hydrogen-bond donors (Lipinski definition) is 1. The molecule has 3 rings (SSSR count). The van der Waals surface area contributed by atoms with Gasteiger partial charge >= 0.3 is 0 Å². The molecule has 0 unspecified atom stereocenters. The van der Waals surface area contributed by atoms with Crippen molar-refractivity contribution in [1.82, 2.24) is 19.6 Å². The Labute approximate surface area is 110 Å². The molecule has 0 aliphatic heterocycles. The van der Waals surface area contributed by atoms with Crippen LogP contribution in [0.15, 0.2) is 43.0 Å². The summed E-state index contributed by atoms with van der Waals surface area (Å²) in [6.07, 6.45) is 5.17. The van der Waals surface area contributed by atoms with Crippen LogP contribution in [0.5, 0.6) is 5.75 Å². The smallest absolute Gasteiger partial charge is 0.203 e. The van der Waals surface area contributed by atoms with Gasteiger partial charge in [-0.3, -0.25) is 4.40 Å². The molecule has 0 saturated heterocycles. The van der Waals surface area contributed by atoms with Crippen molar-refractivity contribution in [2.45, 2.75) is 6.54 Å². The molecule has 0 bridgehead atoms. The molecule has 6 heteroatoms. The molecule has 0 spiro atoms. The van der Waals surface area contributed by atoms with Gasteiger partial charge < -0.3 is 10.1 Å². The fourth-order valence-corrected chi connectivity index (χ4v) is 1.85. The molecule has 3 aromatic rings. The lowest BCUT2D eigenvalue weighted by atomic mass is 10.2. The van der Waals surface area contributed by atoms with Gasteiger partial charge in [-0.25, -0.2) is 4.98 Å². The Bertz CT molecular complexity index is 694. The van der Waals surface area contributed by atoms with E-state index in [-0.39, 0.29) is 0 Å². The van der Waals surface area contributed by atoms with Crippen LogP contribution >= 0.6 is 0 Å². The van der Waals surface area contributed by atoms with Crippen LogP contribution < -0.4 is 10.1 Å². The van der Waals surface area contributed by atoms with E-state index in [1.165, 1.54) is 0 Å². The molecule has 0 fully saturated rings. The van der Waals surface area contributed by atoms with Crippen molar-refractivity contribution in [3.05, 3.63) is 48.5 Å². The van der Waals surface area contributed by atoms with Crippen LogP contribution in [0.3, 0.4) is 0 Å². The first-order valence-electron chi connectivity index (χ1n) is 5.88. The Balaban J connectivity index is 1.80. The van der Waals surface area contributed by atoms with Crippen molar-refractivity contribution in [1.29, 1.82) is 0 Å². The van der Waals surface area contributed by atoms with Crippen molar-refractivity contribution in [3.63, 3.8) is 0 Å². The molecular weight excluding hydrogens is 242 g/mol. The first-order valence-corrected chi connectivity index (χ1v) is 5.88. The number of anilines is 1. The van der Waals surface area contributed by atoms with E-state index < -0.39 is 0 Å². The van der Waals surface area contributed by atoms with Crippen LogP contribution in [0.4, 0.5) is 5.82 Å². The van der Waals surface area contributed by atoms with Crippen molar-refractivity contribution in [3.8, 4) is 5.75 Å². The summed E-state index contributed by atoms with van der Waals surface area (Å²) >= 11 is 0. The summed E-state index contributed by atoms with van der Waals surface area (Å²) in [7, 11) is 1.66. The average Bonchev–Trinajstić information content (AvgIpc) is 2.94. The first kappa shape index (κ1) is 11.5. The highest BCUT2D eigenvalue weighted by Gasteiger charge is 2.04. The maximum atomic E-state index is 5.19. The molecule has 2 aromatic heterocycles. The van der Waals surface area contributed by atoms with E-state index in [4.69, 9.17) is 4.74 Å². The molecule has 0 amide bonds. The summed E-state index contributed by atoms with van der Waals surface area (Å²) in [5, 5.41) is 11.1. The third kappa shape index (κ3) is 2.33. The summed E-state index contributed by atoms with van der Waals surface area (Å²) in [5.74, 6) is 1.55. The van der Waals surface area contributed by atoms with Crippen LogP contribution in [0.2, 0.25) is 0 Å². The molecule has 0 aliphatic carbocycles. The monoisotopic (exact) mass is 255 g/mol. The van der Waals surface area contributed by atoms with Crippen molar-refractivity contribution in [2.75, 3.05) is 12.4 Å². The van der Waals surface area contributed by atoms with Crippen LogP contribution in [-0.4, -0.2) is 26.7 Å². The van der Waals surface area contributed by atoms with Gasteiger partial charge in [0.2, 0.25) is 5.65 Å². The minimum Gasteiger partial charge on any atom is -0.497 e. The lowest BCUT2D eigenvalue weighted by Gasteiger charge is -2.07. The predicted octanol–water partition coefficient (Wildman–Crippen LogP) is 1.74. The standard InChI is InChI=1S/C13H13N5O/c1-19-11-4-2-3-10(7-11)8-15-12-13-17-16-9-18(13)6-5-14-12/h2-7,9H,8H2,1H3,(H,14,15). The molecule has 19 heavy (non-hydrogen) atoms.